The SMILES string of the molecule is C/C(=N\OCc1ccc(F)cc1)[C@@H]1CCc2cc([C@H]3CC[C@](N)(CO)C3)ccc2C1. The Morgan fingerprint density at radius 3 is 2.73 bits per heavy atom. The first kappa shape index (κ1) is 21.0. The lowest BCUT2D eigenvalue weighted by Crippen LogP contribution is -2.40. The van der Waals surface area contributed by atoms with Gasteiger partial charge in [-0.2, -0.15) is 0 Å². The van der Waals surface area contributed by atoms with Crippen LogP contribution in [0.4, 0.5) is 4.39 Å². The Bertz CT molecular complexity index is 912. The van der Waals surface area contributed by atoms with Crippen LogP contribution in [0, 0.1) is 11.7 Å². The first-order chi connectivity index (χ1) is 14.5. The topological polar surface area (TPSA) is 67.8 Å². The van der Waals surface area contributed by atoms with E-state index in [0.29, 0.717) is 18.4 Å². The molecule has 2 aromatic rings. The predicted octanol–water partition coefficient (Wildman–Crippen LogP) is 4.48. The number of rotatable bonds is 6. The Morgan fingerprint density at radius 1 is 1.20 bits per heavy atom. The zero-order valence-corrected chi connectivity index (χ0v) is 17.6. The Morgan fingerprint density at radius 2 is 2.00 bits per heavy atom. The summed E-state index contributed by atoms with van der Waals surface area (Å²) in [4.78, 5) is 5.51. The molecule has 5 heteroatoms. The third-order valence-corrected chi connectivity index (χ3v) is 6.83. The molecule has 0 aliphatic heterocycles. The largest absolute Gasteiger partial charge is 0.394 e. The maximum absolute atomic E-state index is 13.0. The summed E-state index contributed by atoms with van der Waals surface area (Å²) in [6.45, 7) is 2.45. The highest BCUT2D eigenvalue weighted by atomic mass is 19.1. The number of aliphatic hydroxyl groups is 1. The van der Waals surface area contributed by atoms with Crippen molar-refractivity contribution in [3.05, 3.63) is 70.5 Å². The van der Waals surface area contributed by atoms with E-state index in [1.54, 1.807) is 12.1 Å². The fourth-order valence-corrected chi connectivity index (χ4v) is 4.83. The smallest absolute Gasteiger partial charge is 0.142 e. The summed E-state index contributed by atoms with van der Waals surface area (Å²) >= 11 is 0. The van der Waals surface area contributed by atoms with E-state index in [-0.39, 0.29) is 12.4 Å². The van der Waals surface area contributed by atoms with Crippen LogP contribution in [0.15, 0.2) is 47.6 Å². The summed E-state index contributed by atoms with van der Waals surface area (Å²) < 4.78 is 13.0. The van der Waals surface area contributed by atoms with Crippen molar-refractivity contribution < 1.29 is 14.3 Å². The van der Waals surface area contributed by atoms with Gasteiger partial charge in [0, 0.05) is 11.5 Å². The summed E-state index contributed by atoms with van der Waals surface area (Å²) in [6.07, 6.45) is 5.89. The number of aryl methyl sites for hydroxylation is 1. The summed E-state index contributed by atoms with van der Waals surface area (Å²) in [7, 11) is 0. The molecular weight excluding hydrogens is 379 g/mol. The Kier molecular flexibility index (Phi) is 6.21. The molecule has 2 aromatic carbocycles. The van der Waals surface area contributed by atoms with E-state index < -0.39 is 5.54 Å². The molecule has 160 valence electrons. The zero-order valence-electron chi connectivity index (χ0n) is 17.6. The average Bonchev–Trinajstić information content (AvgIpc) is 3.17. The van der Waals surface area contributed by atoms with Crippen molar-refractivity contribution in [2.45, 2.75) is 63.5 Å². The van der Waals surface area contributed by atoms with Crippen LogP contribution in [-0.2, 0) is 24.3 Å². The number of oxime groups is 1. The molecule has 2 aliphatic carbocycles. The first-order valence-corrected chi connectivity index (χ1v) is 10.9. The molecule has 2 aliphatic rings. The fourth-order valence-electron chi connectivity index (χ4n) is 4.83. The lowest BCUT2D eigenvalue weighted by atomic mass is 9.80. The molecule has 0 bridgehead atoms. The molecule has 0 heterocycles. The van der Waals surface area contributed by atoms with E-state index in [4.69, 9.17) is 10.6 Å². The van der Waals surface area contributed by atoms with Gasteiger partial charge in [0.15, 0.2) is 0 Å². The van der Waals surface area contributed by atoms with Crippen molar-refractivity contribution in [1.82, 2.24) is 0 Å². The number of hydrogen-bond acceptors (Lipinski definition) is 4. The molecule has 0 amide bonds. The number of fused-ring (bicyclic) bond motifs is 1. The molecule has 0 unspecified atom stereocenters. The van der Waals surface area contributed by atoms with E-state index in [0.717, 1.165) is 49.8 Å². The van der Waals surface area contributed by atoms with Gasteiger partial charge in [0.2, 0.25) is 0 Å². The Balaban J connectivity index is 1.36. The Labute approximate surface area is 177 Å². The van der Waals surface area contributed by atoms with Crippen molar-refractivity contribution in [1.29, 1.82) is 0 Å². The fraction of sp³-hybridized carbons (Fsp3) is 0.480. The van der Waals surface area contributed by atoms with Gasteiger partial charge in [0.25, 0.3) is 0 Å². The van der Waals surface area contributed by atoms with Gasteiger partial charge in [-0.3, -0.25) is 0 Å². The summed E-state index contributed by atoms with van der Waals surface area (Å²) in [5, 5.41) is 13.9. The second-order valence-electron chi connectivity index (χ2n) is 9.06. The zero-order chi connectivity index (χ0) is 21.1. The molecule has 0 saturated heterocycles. The van der Waals surface area contributed by atoms with Crippen LogP contribution in [0.25, 0.3) is 0 Å². The van der Waals surface area contributed by atoms with Crippen LogP contribution < -0.4 is 5.73 Å². The lowest BCUT2D eigenvalue weighted by Gasteiger charge is -2.26. The van der Waals surface area contributed by atoms with Gasteiger partial charge in [0.05, 0.1) is 12.3 Å². The summed E-state index contributed by atoms with van der Waals surface area (Å²) in [6, 6.07) is 13.2. The molecule has 4 nitrogen and oxygen atoms in total. The van der Waals surface area contributed by atoms with E-state index >= 15 is 0 Å². The minimum Gasteiger partial charge on any atom is -0.394 e. The molecule has 4 rings (SSSR count). The average molecular weight is 411 g/mol. The standard InChI is InChI=1S/C25H31FN2O2/c1-17(28-30-15-18-2-8-24(26)9-3-18)19-4-5-21-13-22(7-6-20(21)12-19)23-10-11-25(27,14-23)16-29/h2-3,6-9,13,19,23,29H,4-5,10-12,14-16,27H2,1H3/b28-17+/t19-,23+,25-/m1/s1. The molecular formula is C25H31FN2O2. The highest BCUT2D eigenvalue weighted by molar-refractivity contribution is 5.84. The maximum atomic E-state index is 13.0. The third kappa shape index (κ3) is 4.73. The van der Waals surface area contributed by atoms with Gasteiger partial charge in [-0.1, -0.05) is 35.5 Å². The van der Waals surface area contributed by atoms with Crippen molar-refractivity contribution in [3.8, 4) is 0 Å². The molecule has 3 atom stereocenters. The number of benzene rings is 2. The molecule has 1 fully saturated rings. The van der Waals surface area contributed by atoms with E-state index in [9.17, 15) is 9.50 Å². The Hall–Kier alpha value is -2.24. The minimum atomic E-state index is -0.410. The van der Waals surface area contributed by atoms with Crippen LogP contribution in [0.3, 0.4) is 0 Å². The molecule has 1 saturated carbocycles. The number of halogens is 1. The minimum absolute atomic E-state index is 0.0674. The predicted molar refractivity (Wildman–Crippen MR) is 117 cm³/mol. The molecule has 0 aromatic heterocycles. The van der Waals surface area contributed by atoms with Crippen molar-refractivity contribution >= 4 is 5.71 Å². The van der Waals surface area contributed by atoms with Gasteiger partial charge in [-0.15, -0.1) is 0 Å². The highest BCUT2D eigenvalue weighted by Crippen LogP contribution is 2.40. The second-order valence-corrected chi connectivity index (χ2v) is 9.06. The van der Waals surface area contributed by atoms with Gasteiger partial charge in [-0.05, 0) is 85.8 Å². The van der Waals surface area contributed by atoms with Crippen LogP contribution in [0.1, 0.15) is 60.8 Å². The lowest BCUT2D eigenvalue weighted by molar-refractivity contribution is 0.128. The van der Waals surface area contributed by atoms with Crippen LogP contribution in [0.2, 0.25) is 0 Å². The number of nitrogens with zero attached hydrogens (tertiary/aromatic N) is 1. The third-order valence-electron chi connectivity index (χ3n) is 6.83. The van der Waals surface area contributed by atoms with Crippen molar-refractivity contribution in [2.75, 3.05) is 6.61 Å². The van der Waals surface area contributed by atoms with E-state index in [2.05, 4.69) is 23.4 Å². The normalized spacial score (nSPS) is 26.5. The quantitative estimate of drug-likeness (QED) is 0.545. The van der Waals surface area contributed by atoms with Crippen LogP contribution >= 0.6 is 0 Å². The van der Waals surface area contributed by atoms with Crippen molar-refractivity contribution in [3.63, 3.8) is 0 Å². The van der Waals surface area contributed by atoms with Gasteiger partial charge >= 0.3 is 0 Å². The second kappa shape index (κ2) is 8.86. The van der Waals surface area contributed by atoms with E-state index in [1.807, 2.05) is 6.92 Å². The molecule has 0 radical (unpaired) electrons. The van der Waals surface area contributed by atoms with E-state index in [1.165, 1.54) is 28.8 Å². The maximum Gasteiger partial charge on any atom is 0.142 e. The van der Waals surface area contributed by atoms with Crippen molar-refractivity contribution in [2.24, 2.45) is 16.8 Å². The first-order valence-electron chi connectivity index (χ1n) is 10.9. The van der Waals surface area contributed by atoms with Crippen LogP contribution in [0.5, 0.6) is 0 Å². The van der Waals surface area contributed by atoms with Crippen LogP contribution in [-0.4, -0.2) is 23.0 Å². The molecule has 30 heavy (non-hydrogen) atoms. The number of aliphatic hydroxyl groups excluding tert-OH is 1. The number of hydrogen-bond donors (Lipinski definition) is 2. The molecule has 0 spiro atoms. The number of nitrogens with two attached hydrogens (primary N) is 1. The van der Waals surface area contributed by atoms with Gasteiger partial charge in [-0.25, -0.2) is 4.39 Å². The van der Waals surface area contributed by atoms with Gasteiger partial charge in [0.1, 0.15) is 12.4 Å². The monoisotopic (exact) mass is 410 g/mol. The summed E-state index contributed by atoms with van der Waals surface area (Å²) in [5.74, 6) is 0.591. The summed E-state index contributed by atoms with van der Waals surface area (Å²) in [5.41, 5.74) is 12.0. The highest BCUT2D eigenvalue weighted by Gasteiger charge is 2.36. The van der Waals surface area contributed by atoms with Gasteiger partial charge < -0.3 is 15.7 Å². The molecule has 3 N–H and O–H groups in total.